The van der Waals surface area contributed by atoms with Crippen molar-refractivity contribution in [2.45, 2.75) is 39.2 Å². The summed E-state index contributed by atoms with van der Waals surface area (Å²) in [6.45, 7) is 4.19. The summed E-state index contributed by atoms with van der Waals surface area (Å²) in [6, 6.07) is 17.0. The maximum atomic E-state index is 12.2. The lowest BCUT2D eigenvalue weighted by Gasteiger charge is -2.20. The maximum Gasteiger partial charge on any atom is 0.224 e. The first-order valence-corrected chi connectivity index (χ1v) is 8.03. The molecule has 1 atom stereocenters. The normalized spacial score (nSPS) is 15.4. The Bertz CT molecular complexity index is 635. The van der Waals surface area contributed by atoms with E-state index in [0.29, 0.717) is 12.3 Å². The number of benzene rings is 2. The predicted molar refractivity (Wildman–Crippen MR) is 89.8 cm³/mol. The van der Waals surface area contributed by atoms with Crippen LogP contribution in [0.2, 0.25) is 0 Å². The van der Waals surface area contributed by atoms with E-state index in [1.807, 2.05) is 12.1 Å². The van der Waals surface area contributed by atoms with Gasteiger partial charge in [0, 0.05) is 6.04 Å². The minimum atomic E-state index is 0.118. The van der Waals surface area contributed by atoms with Gasteiger partial charge in [-0.05, 0) is 49.3 Å². The molecule has 1 unspecified atom stereocenters. The molecule has 2 aromatic carbocycles. The predicted octanol–water partition coefficient (Wildman–Crippen LogP) is 3.46. The van der Waals surface area contributed by atoms with Gasteiger partial charge in [-0.15, -0.1) is 0 Å². The van der Waals surface area contributed by atoms with Crippen molar-refractivity contribution in [1.82, 2.24) is 5.32 Å². The van der Waals surface area contributed by atoms with E-state index in [2.05, 4.69) is 55.6 Å². The molecule has 0 aliphatic heterocycles. The average Bonchev–Trinajstić information content (AvgIpc) is 2.93. The highest BCUT2D eigenvalue weighted by Gasteiger charge is 2.26. The van der Waals surface area contributed by atoms with Gasteiger partial charge in [-0.2, -0.15) is 0 Å². The van der Waals surface area contributed by atoms with Crippen LogP contribution in [0.15, 0.2) is 48.5 Å². The van der Waals surface area contributed by atoms with Crippen molar-refractivity contribution in [1.29, 1.82) is 0 Å². The van der Waals surface area contributed by atoms with Gasteiger partial charge < -0.3 is 5.32 Å². The third-order valence-electron chi connectivity index (χ3n) is 4.66. The van der Waals surface area contributed by atoms with Crippen LogP contribution in [0, 0.1) is 12.8 Å². The van der Waals surface area contributed by atoms with Crippen LogP contribution in [-0.2, 0) is 24.1 Å². The lowest BCUT2D eigenvalue weighted by molar-refractivity contribution is -0.121. The van der Waals surface area contributed by atoms with Gasteiger partial charge in [0.2, 0.25) is 5.91 Å². The molecule has 1 aliphatic rings. The minimum Gasteiger partial charge on any atom is -0.353 e. The molecule has 0 aromatic heterocycles. The summed E-state index contributed by atoms with van der Waals surface area (Å²) in [5, 5.41) is 3.18. The smallest absolute Gasteiger partial charge is 0.224 e. The number of nitrogens with one attached hydrogen (secondary N) is 1. The zero-order chi connectivity index (χ0) is 15.5. The summed E-state index contributed by atoms with van der Waals surface area (Å²) in [6.07, 6.45) is 2.61. The first-order chi connectivity index (χ1) is 10.6. The number of carbonyl (C=O) groups is 1. The molecular formula is C20H23NO. The summed E-state index contributed by atoms with van der Waals surface area (Å²) >= 11 is 0. The van der Waals surface area contributed by atoms with Crippen LogP contribution in [-0.4, -0.2) is 11.9 Å². The molecule has 0 spiro atoms. The van der Waals surface area contributed by atoms with Crippen molar-refractivity contribution in [3.63, 3.8) is 0 Å². The molecule has 1 aliphatic carbocycles. The van der Waals surface area contributed by atoms with Crippen LogP contribution in [0.25, 0.3) is 0 Å². The van der Waals surface area contributed by atoms with Crippen molar-refractivity contribution in [2.75, 3.05) is 0 Å². The minimum absolute atomic E-state index is 0.118. The van der Waals surface area contributed by atoms with E-state index >= 15 is 0 Å². The number of amides is 1. The van der Waals surface area contributed by atoms with E-state index in [4.69, 9.17) is 0 Å². The van der Waals surface area contributed by atoms with Gasteiger partial charge in [0.1, 0.15) is 0 Å². The number of fused-ring (bicyclic) bond motifs is 1. The number of aryl methyl sites for hydroxylation is 1. The van der Waals surface area contributed by atoms with Gasteiger partial charge >= 0.3 is 0 Å². The average molecular weight is 293 g/mol. The molecule has 2 nitrogen and oxygen atoms in total. The van der Waals surface area contributed by atoms with Gasteiger partial charge in [-0.1, -0.05) is 54.1 Å². The van der Waals surface area contributed by atoms with Crippen LogP contribution >= 0.6 is 0 Å². The topological polar surface area (TPSA) is 29.1 Å². The summed E-state index contributed by atoms with van der Waals surface area (Å²) in [7, 11) is 0. The third kappa shape index (κ3) is 3.38. The van der Waals surface area contributed by atoms with Crippen molar-refractivity contribution < 1.29 is 4.79 Å². The van der Waals surface area contributed by atoms with Crippen molar-refractivity contribution in [3.05, 3.63) is 70.8 Å². The molecule has 114 valence electrons. The number of hydrogen-bond acceptors (Lipinski definition) is 1. The Labute approximate surface area is 132 Å². The molecule has 2 aromatic rings. The van der Waals surface area contributed by atoms with E-state index in [1.54, 1.807) is 0 Å². The highest BCUT2D eigenvalue weighted by Crippen LogP contribution is 2.28. The zero-order valence-corrected chi connectivity index (χ0v) is 13.3. The van der Waals surface area contributed by atoms with Gasteiger partial charge in [0.15, 0.2) is 0 Å². The van der Waals surface area contributed by atoms with Gasteiger partial charge in [0.25, 0.3) is 0 Å². The molecule has 0 saturated heterocycles. The Morgan fingerprint density at radius 1 is 1.09 bits per heavy atom. The monoisotopic (exact) mass is 293 g/mol. The third-order valence-corrected chi connectivity index (χ3v) is 4.66. The first kappa shape index (κ1) is 14.8. The molecule has 3 rings (SSSR count). The highest BCUT2D eigenvalue weighted by atomic mass is 16.1. The van der Waals surface area contributed by atoms with Crippen LogP contribution in [0.1, 0.15) is 29.2 Å². The fourth-order valence-electron chi connectivity index (χ4n) is 3.26. The van der Waals surface area contributed by atoms with E-state index in [9.17, 15) is 4.79 Å². The Hall–Kier alpha value is -2.09. The molecule has 2 heteroatoms. The molecule has 1 amide bonds. The zero-order valence-electron chi connectivity index (χ0n) is 13.3. The van der Waals surface area contributed by atoms with Crippen LogP contribution < -0.4 is 5.32 Å². The van der Waals surface area contributed by atoms with Gasteiger partial charge in [-0.3, -0.25) is 4.79 Å². The quantitative estimate of drug-likeness (QED) is 0.919. The summed E-state index contributed by atoms with van der Waals surface area (Å²) in [4.78, 5) is 12.2. The molecule has 0 saturated carbocycles. The Morgan fingerprint density at radius 3 is 2.27 bits per heavy atom. The SMILES string of the molecule is Cc1ccc(CC(=O)NC(C)C2Cc3ccccc3C2)cc1. The van der Waals surface area contributed by atoms with Crippen molar-refractivity contribution >= 4 is 5.91 Å². The van der Waals surface area contributed by atoms with Crippen LogP contribution in [0.3, 0.4) is 0 Å². The van der Waals surface area contributed by atoms with Crippen molar-refractivity contribution in [3.8, 4) is 0 Å². The van der Waals surface area contributed by atoms with E-state index in [-0.39, 0.29) is 11.9 Å². The fraction of sp³-hybridized carbons (Fsp3) is 0.350. The number of hydrogen-bond donors (Lipinski definition) is 1. The van der Waals surface area contributed by atoms with Gasteiger partial charge in [0.05, 0.1) is 6.42 Å². The van der Waals surface area contributed by atoms with Crippen molar-refractivity contribution in [2.24, 2.45) is 5.92 Å². The second kappa shape index (κ2) is 6.35. The largest absolute Gasteiger partial charge is 0.353 e. The Kier molecular flexibility index (Phi) is 4.28. The standard InChI is InChI=1S/C20H23NO/c1-14-7-9-16(10-8-14)11-20(22)21-15(2)19-12-17-5-3-4-6-18(17)13-19/h3-10,15,19H,11-13H2,1-2H3,(H,21,22). The molecule has 22 heavy (non-hydrogen) atoms. The first-order valence-electron chi connectivity index (χ1n) is 8.03. The summed E-state index contributed by atoms with van der Waals surface area (Å²) in [5.74, 6) is 0.631. The molecule has 0 bridgehead atoms. The molecular weight excluding hydrogens is 270 g/mol. The fourth-order valence-corrected chi connectivity index (χ4v) is 3.26. The van der Waals surface area contributed by atoms with Crippen LogP contribution in [0.5, 0.6) is 0 Å². The highest BCUT2D eigenvalue weighted by molar-refractivity contribution is 5.78. The summed E-state index contributed by atoms with van der Waals surface area (Å²) < 4.78 is 0. The van der Waals surface area contributed by atoms with E-state index < -0.39 is 0 Å². The Morgan fingerprint density at radius 2 is 1.68 bits per heavy atom. The number of carbonyl (C=O) groups excluding carboxylic acids is 1. The molecule has 0 fully saturated rings. The molecule has 0 heterocycles. The lowest BCUT2D eigenvalue weighted by Crippen LogP contribution is -2.39. The van der Waals surface area contributed by atoms with E-state index in [1.165, 1.54) is 16.7 Å². The second-order valence-electron chi connectivity index (χ2n) is 6.46. The number of rotatable bonds is 4. The molecule has 0 radical (unpaired) electrons. The lowest BCUT2D eigenvalue weighted by atomic mass is 9.97. The van der Waals surface area contributed by atoms with E-state index in [0.717, 1.165) is 18.4 Å². The Balaban J connectivity index is 1.55. The van der Waals surface area contributed by atoms with Crippen LogP contribution in [0.4, 0.5) is 0 Å². The second-order valence-corrected chi connectivity index (χ2v) is 6.46. The molecule has 1 N–H and O–H groups in total. The maximum absolute atomic E-state index is 12.2. The summed E-state index contributed by atoms with van der Waals surface area (Å²) in [5.41, 5.74) is 5.17. The van der Waals surface area contributed by atoms with Gasteiger partial charge in [-0.25, -0.2) is 0 Å².